The SMILES string of the molecule is NCc1ccc2cc(-c3ccccc3)oc2c1. The Morgan fingerprint density at radius 2 is 1.76 bits per heavy atom. The molecule has 3 rings (SSSR count). The summed E-state index contributed by atoms with van der Waals surface area (Å²) in [6.45, 7) is 0.539. The molecule has 0 amide bonds. The van der Waals surface area contributed by atoms with E-state index >= 15 is 0 Å². The van der Waals surface area contributed by atoms with E-state index in [4.69, 9.17) is 10.2 Å². The van der Waals surface area contributed by atoms with Crippen molar-refractivity contribution in [2.24, 2.45) is 5.73 Å². The minimum Gasteiger partial charge on any atom is -0.456 e. The first-order valence-corrected chi connectivity index (χ1v) is 5.65. The molecule has 17 heavy (non-hydrogen) atoms. The van der Waals surface area contributed by atoms with E-state index in [2.05, 4.69) is 6.07 Å². The van der Waals surface area contributed by atoms with Crippen LogP contribution in [0.15, 0.2) is 59.0 Å². The van der Waals surface area contributed by atoms with Gasteiger partial charge in [0, 0.05) is 17.5 Å². The van der Waals surface area contributed by atoms with Crippen LogP contribution in [0.3, 0.4) is 0 Å². The number of hydrogen-bond acceptors (Lipinski definition) is 2. The van der Waals surface area contributed by atoms with E-state index in [1.165, 1.54) is 0 Å². The molecule has 0 radical (unpaired) electrons. The van der Waals surface area contributed by atoms with E-state index < -0.39 is 0 Å². The van der Waals surface area contributed by atoms with Gasteiger partial charge in [0.1, 0.15) is 11.3 Å². The van der Waals surface area contributed by atoms with Crippen LogP contribution in [-0.4, -0.2) is 0 Å². The Balaban J connectivity index is 2.14. The van der Waals surface area contributed by atoms with Gasteiger partial charge in [0.25, 0.3) is 0 Å². The van der Waals surface area contributed by atoms with Crippen LogP contribution >= 0.6 is 0 Å². The van der Waals surface area contributed by atoms with Crippen molar-refractivity contribution in [3.63, 3.8) is 0 Å². The van der Waals surface area contributed by atoms with E-state index in [9.17, 15) is 0 Å². The highest BCUT2D eigenvalue weighted by Gasteiger charge is 2.05. The highest BCUT2D eigenvalue weighted by Crippen LogP contribution is 2.28. The fourth-order valence-corrected chi connectivity index (χ4v) is 1.95. The van der Waals surface area contributed by atoms with Crippen LogP contribution in [0.4, 0.5) is 0 Å². The predicted octanol–water partition coefficient (Wildman–Crippen LogP) is 3.56. The zero-order valence-electron chi connectivity index (χ0n) is 9.39. The first kappa shape index (κ1) is 10.1. The Kier molecular flexibility index (Phi) is 2.42. The molecule has 0 saturated carbocycles. The maximum absolute atomic E-state index is 5.84. The lowest BCUT2D eigenvalue weighted by Gasteiger charge is -1.95. The van der Waals surface area contributed by atoms with E-state index in [0.717, 1.165) is 27.9 Å². The van der Waals surface area contributed by atoms with Gasteiger partial charge in [-0.25, -0.2) is 0 Å². The van der Waals surface area contributed by atoms with Crippen molar-refractivity contribution in [3.8, 4) is 11.3 Å². The predicted molar refractivity (Wildman–Crippen MR) is 69.5 cm³/mol. The van der Waals surface area contributed by atoms with Crippen molar-refractivity contribution in [2.45, 2.75) is 6.54 Å². The standard InChI is InChI=1S/C15H13NO/c16-10-11-6-7-13-9-15(17-14(13)8-11)12-4-2-1-3-5-12/h1-9H,10,16H2. The van der Waals surface area contributed by atoms with Crippen molar-refractivity contribution in [1.82, 2.24) is 0 Å². The zero-order chi connectivity index (χ0) is 11.7. The van der Waals surface area contributed by atoms with Crippen LogP contribution in [0.1, 0.15) is 5.56 Å². The molecular weight excluding hydrogens is 210 g/mol. The Labute approximate surface area is 99.7 Å². The molecule has 1 heterocycles. The summed E-state index contributed by atoms with van der Waals surface area (Å²) in [7, 11) is 0. The highest BCUT2D eigenvalue weighted by molar-refractivity contribution is 5.83. The first-order chi connectivity index (χ1) is 8.36. The summed E-state index contributed by atoms with van der Waals surface area (Å²) in [4.78, 5) is 0. The summed E-state index contributed by atoms with van der Waals surface area (Å²) in [5, 5.41) is 1.11. The molecule has 0 bridgehead atoms. The van der Waals surface area contributed by atoms with Gasteiger partial charge < -0.3 is 10.2 Å². The third-order valence-electron chi connectivity index (χ3n) is 2.88. The molecule has 2 nitrogen and oxygen atoms in total. The van der Waals surface area contributed by atoms with E-state index in [1.54, 1.807) is 0 Å². The lowest BCUT2D eigenvalue weighted by Crippen LogP contribution is -1.94. The fourth-order valence-electron chi connectivity index (χ4n) is 1.95. The van der Waals surface area contributed by atoms with Crippen molar-refractivity contribution in [3.05, 3.63) is 60.2 Å². The summed E-state index contributed by atoms with van der Waals surface area (Å²) in [5.74, 6) is 0.898. The number of nitrogens with two attached hydrogens (primary N) is 1. The van der Waals surface area contributed by atoms with E-state index in [0.29, 0.717) is 6.54 Å². The lowest BCUT2D eigenvalue weighted by molar-refractivity contribution is 0.631. The molecule has 0 aliphatic rings. The number of fused-ring (bicyclic) bond motifs is 1. The van der Waals surface area contributed by atoms with Crippen LogP contribution < -0.4 is 5.73 Å². The van der Waals surface area contributed by atoms with Crippen LogP contribution in [0.25, 0.3) is 22.3 Å². The van der Waals surface area contributed by atoms with Gasteiger partial charge in [-0.05, 0) is 17.7 Å². The Hall–Kier alpha value is -2.06. The highest BCUT2D eigenvalue weighted by atomic mass is 16.3. The second-order valence-corrected chi connectivity index (χ2v) is 4.05. The molecule has 84 valence electrons. The van der Waals surface area contributed by atoms with Crippen molar-refractivity contribution >= 4 is 11.0 Å². The van der Waals surface area contributed by atoms with Crippen LogP contribution in [0.5, 0.6) is 0 Å². The minimum absolute atomic E-state index is 0.539. The zero-order valence-corrected chi connectivity index (χ0v) is 9.39. The van der Waals surface area contributed by atoms with Gasteiger partial charge in [0.15, 0.2) is 0 Å². The Morgan fingerprint density at radius 1 is 0.941 bits per heavy atom. The summed E-state index contributed by atoms with van der Waals surface area (Å²) >= 11 is 0. The Morgan fingerprint density at radius 3 is 2.53 bits per heavy atom. The number of benzene rings is 2. The molecule has 3 aromatic rings. The first-order valence-electron chi connectivity index (χ1n) is 5.65. The normalized spacial score (nSPS) is 10.9. The summed E-state index contributed by atoms with van der Waals surface area (Å²) in [5.41, 5.74) is 8.70. The molecule has 1 aromatic heterocycles. The minimum atomic E-state index is 0.539. The summed E-state index contributed by atoms with van der Waals surface area (Å²) in [6, 6.07) is 18.2. The smallest absolute Gasteiger partial charge is 0.135 e. The van der Waals surface area contributed by atoms with Crippen LogP contribution in [0, 0.1) is 0 Å². The third-order valence-corrected chi connectivity index (χ3v) is 2.88. The molecular formula is C15H13NO. The average molecular weight is 223 g/mol. The molecule has 0 unspecified atom stereocenters. The molecule has 2 heteroatoms. The maximum atomic E-state index is 5.84. The summed E-state index contributed by atoms with van der Waals surface area (Å²) < 4.78 is 5.84. The van der Waals surface area contributed by atoms with Gasteiger partial charge in [-0.3, -0.25) is 0 Å². The second kappa shape index (κ2) is 4.07. The molecule has 2 N–H and O–H groups in total. The molecule has 0 aliphatic carbocycles. The van der Waals surface area contributed by atoms with Gasteiger partial charge >= 0.3 is 0 Å². The molecule has 0 spiro atoms. The number of hydrogen-bond donors (Lipinski definition) is 1. The monoisotopic (exact) mass is 223 g/mol. The van der Waals surface area contributed by atoms with Crippen LogP contribution in [-0.2, 0) is 6.54 Å². The van der Waals surface area contributed by atoms with E-state index in [1.807, 2.05) is 48.5 Å². The number of rotatable bonds is 2. The average Bonchev–Trinajstić information content (AvgIpc) is 2.82. The van der Waals surface area contributed by atoms with Gasteiger partial charge in [0.05, 0.1) is 0 Å². The van der Waals surface area contributed by atoms with Crippen LogP contribution in [0.2, 0.25) is 0 Å². The summed E-state index contributed by atoms with van der Waals surface area (Å²) in [6.07, 6.45) is 0. The third kappa shape index (κ3) is 1.83. The van der Waals surface area contributed by atoms with Gasteiger partial charge in [-0.2, -0.15) is 0 Å². The van der Waals surface area contributed by atoms with Crippen molar-refractivity contribution < 1.29 is 4.42 Å². The maximum Gasteiger partial charge on any atom is 0.135 e. The topological polar surface area (TPSA) is 39.2 Å². The van der Waals surface area contributed by atoms with E-state index in [-0.39, 0.29) is 0 Å². The molecule has 0 aliphatic heterocycles. The van der Waals surface area contributed by atoms with Gasteiger partial charge in [-0.15, -0.1) is 0 Å². The molecule has 2 aromatic carbocycles. The molecule has 0 fully saturated rings. The largest absolute Gasteiger partial charge is 0.456 e. The fraction of sp³-hybridized carbons (Fsp3) is 0.0667. The van der Waals surface area contributed by atoms with Gasteiger partial charge in [0.2, 0.25) is 0 Å². The molecule has 0 saturated heterocycles. The quantitative estimate of drug-likeness (QED) is 0.721. The number of furan rings is 1. The molecule has 0 atom stereocenters. The van der Waals surface area contributed by atoms with Crippen molar-refractivity contribution in [2.75, 3.05) is 0 Å². The Bertz CT molecular complexity index is 640. The van der Waals surface area contributed by atoms with Crippen molar-refractivity contribution in [1.29, 1.82) is 0 Å². The van der Waals surface area contributed by atoms with Gasteiger partial charge in [-0.1, -0.05) is 42.5 Å². The lowest BCUT2D eigenvalue weighted by atomic mass is 10.1. The second-order valence-electron chi connectivity index (χ2n) is 4.05.